The third-order valence-electron chi connectivity index (χ3n) is 4.33. The predicted molar refractivity (Wildman–Crippen MR) is 74.3 cm³/mol. The van der Waals surface area contributed by atoms with Crippen LogP contribution in [0.4, 0.5) is 13.2 Å². The molecule has 0 aliphatic heterocycles. The van der Waals surface area contributed by atoms with E-state index in [-0.39, 0.29) is 6.42 Å². The molecule has 1 fully saturated rings. The molecule has 0 aromatic heterocycles. The van der Waals surface area contributed by atoms with Crippen molar-refractivity contribution in [3.05, 3.63) is 34.9 Å². The van der Waals surface area contributed by atoms with Crippen molar-refractivity contribution in [2.45, 2.75) is 51.7 Å². The summed E-state index contributed by atoms with van der Waals surface area (Å²) in [6, 6.07) is 5.32. The molecule has 112 valence electrons. The van der Waals surface area contributed by atoms with Crippen LogP contribution < -0.4 is 5.73 Å². The van der Waals surface area contributed by atoms with Crippen molar-refractivity contribution in [2.75, 3.05) is 0 Å². The highest BCUT2D eigenvalue weighted by atomic mass is 19.4. The molecule has 0 amide bonds. The average Bonchev–Trinajstić information content (AvgIpc) is 2.35. The highest BCUT2D eigenvalue weighted by Gasteiger charge is 2.47. The third-order valence-corrected chi connectivity index (χ3v) is 4.33. The van der Waals surface area contributed by atoms with Gasteiger partial charge in [0.2, 0.25) is 0 Å². The Morgan fingerprint density at radius 3 is 2.15 bits per heavy atom. The number of halogens is 3. The second-order valence-corrected chi connectivity index (χ2v) is 6.04. The van der Waals surface area contributed by atoms with E-state index in [4.69, 9.17) is 5.73 Å². The molecular weight excluding hydrogens is 263 g/mol. The predicted octanol–water partition coefficient (Wildman–Crippen LogP) is 4.67. The molecule has 2 N–H and O–H groups in total. The summed E-state index contributed by atoms with van der Waals surface area (Å²) < 4.78 is 39.5. The van der Waals surface area contributed by atoms with Gasteiger partial charge in [0.25, 0.3) is 0 Å². The van der Waals surface area contributed by atoms with Crippen LogP contribution in [-0.4, -0.2) is 6.18 Å². The van der Waals surface area contributed by atoms with Crippen LogP contribution in [0.5, 0.6) is 0 Å². The molecule has 1 saturated carbocycles. The van der Waals surface area contributed by atoms with Crippen LogP contribution in [0, 0.1) is 25.7 Å². The molecule has 1 nitrogen and oxygen atoms in total. The van der Waals surface area contributed by atoms with Crippen molar-refractivity contribution in [3.63, 3.8) is 0 Å². The van der Waals surface area contributed by atoms with E-state index in [0.717, 1.165) is 23.1 Å². The number of aryl methyl sites for hydroxylation is 2. The van der Waals surface area contributed by atoms with Crippen molar-refractivity contribution < 1.29 is 13.2 Å². The van der Waals surface area contributed by atoms with Gasteiger partial charge in [0, 0.05) is 6.04 Å². The van der Waals surface area contributed by atoms with Crippen molar-refractivity contribution in [2.24, 2.45) is 17.6 Å². The summed E-state index contributed by atoms with van der Waals surface area (Å²) >= 11 is 0. The average molecular weight is 285 g/mol. The largest absolute Gasteiger partial charge is 0.392 e. The van der Waals surface area contributed by atoms with Gasteiger partial charge in [0.15, 0.2) is 0 Å². The highest BCUT2D eigenvalue weighted by molar-refractivity contribution is 5.31. The molecule has 1 aromatic carbocycles. The Labute approximate surface area is 118 Å². The van der Waals surface area contributed by atoms with Gasteiger partial charge in [-0.3, -0.25) is 0 Å². The van der Waals surface area contributed by atoms with Crippen molar-refractivity contribution in [1.29, 1.82) is 0 Å². The maximum Gasteiger partial charge on any atom is 0.392 e. The van der Waals surface area contributed by atoms with E-state index in [1.165, 1.54) is 0 Å². The van der Waals surface area contributed by atoms with Gasteiger partial charge >= 0.3 is 6.18 Å². The maximum atomic E-state index is 13.2. The summed E-state index contributed by atoms with van der Waals surface area (Å²) in [5.41, 5.74) is 9.13. The molecule has 0 bridgehead atoms. The quantitative estimate of drug-likeness (QED) is 0.839. The lowest BCUT2D eigenvalue weighted by Crippen LogP contribution is -2.38. The summed E-state index contributed by atoms with van der Waals surface area (Å²) in [6.45, 7) is 3.90. The Balaban J connectivity index is 2.27. The Hall–Kier alpha value is -1.03. The van der Waals surface area contributed by atoms with E-state index in [1.807, 2.05) is 32.0 Å². The third kappa shape index (κ3) is 3.35. The molecule has 1 aliphatic rings. The molecular formula is C16H22F3N. The molecule has 2 rings (SSSR count). The Morgan fingerprint density at radius 2 is 1.60 bits per heavy atom. The van der Waals surface area contributed by atoms with E-state index >= 15 is 0 Å². The molecule has 1 aliphatic carbocycles. The zero-order valence-electron chi connectivity index (χ0n) is 12.0. The topological polar surface area (TPSA) is 26.0 Å². The first-order valence-electron chi connectivity index (χ1n) is 7.19. The van der Waals surface area contributed by atoms with Crippen LogP contribution in [0.15, 0.2) is 18.2 Å². The minimum Gasteiger partial charge on any atom is -0.324 e. The number of benzene rings is 1. The van der Waals surface area contributed by atoms with E-state index < -0.39 is 24.1 Å². The van der Waals surface area contributed by atoms with Gasteiger partial charge in [-0.1, -0.05) is 42.2 Å². The van der Waals surface area contributed by atoms with Crippen molar-refractivity contribution >= 4 is 0 Å². The summed E-state index contributed by atoms with van der Waals surface area (Å²) in [4.78, 5) is 0. The van der Waals surface area contributed by atoms with Crippen LogP contribution in [0.1, 0.15) is 48.4 Å². The van der Waals surface area contributed by atoms with E-state index in [2.05, 4.69) is 0 Å². The van der Waals surface area contributed by atoms with Crippen LogP contribution in [0.2, 0.25) is 0 Å². The SMILES string of the molecule is Cc1cc(C)cc(C(N)C2CCCCC2C(F)(F)F)c1. The molecule has 0 saturated heterocycles. The van der Waals surface area contributed by atoms with Gasteiger partial charge in [-0.15, -0.1) is 0 Å². The summed E-state index contributed by atoms with van der Waals surface area (Å²) in [5, 5.41) is 0. The van der Waals surface area contributed by atoms with Crippen LogP contribution >= 0.6 is 0 Å². The number of hydrogen-bond acceptors (Lipinski definition) is 1. The molecule has 0 heterocycles. The van der Waals surface area contributed by atoms with Gasteiger partial charge in [-0.2, -0.15) is 13.2 Å². The number of alkyl halides is 3. The number of nitrogens with two attached hydrogens (primary N) is 1. The Bertz CT molecular complexity index is 447. The fourth-order valence-corrected chi connectivity index (χ4v) is 3.45. The molecule has 0 spiro atoms. The molecule has 0 radical (unpaired) electrons. The first-order valence-corrected chi connectivity index (χ1v) is 7.19. The van der Waals surface area contributed by atoms with E-state index in [1.54, 1.807) is 0 Å². The Morgan fingerprint density at radius 1 is 1.05 bits per heavy atom. The van der Waals surface area contributed by atoms with Gasteiger partial charge in [0.1, 0.15) is 0 Å². The Kier molecular flexibility index (Phi) is 4.43. The second-order valence-electron chi connectivity index (χ2n) is 6.04. The lowest BCUT2D eigenvalue weighted by molar-refractivity contribution is -0.198. The fourth-order valence-electron chi connectivity index (χ4n) is 3.45. The first kappa shape index (κ1) is 15.4. The monoisotopic (exact) mass is 285 g/mol. The summed E-state index contributed by atoms with van der Waals surface area (Å²) in [7, 11) is 0. The molecule has 1 aromatic rings. The number of rotatable bonds is 2. The lowest BCUT2D eigenvalue weighted by Gasteiger charge is -2.37. The normalized spacial score (nSPS) is 25.5. The maximum absolute atomic E-state index is 13.2. The zero-order chi connectivity index (χ0) is 14.9. The van der Waals surface area contributed by atoms with Gasteiger partial charge in [0.05, 0.1) is 5.92 Å². The van der Waals surface area contributed by atoms with Crippen molar-refractivity contribution in [3.8, 4) is 0 Å². The second kappa shape index (κ2) is 5.76. The minimum atomic E-state index is -4.14. The smallest absolute Gasteiger partial charge is 0.324 e. The van der Waals surface area contributed by atoms with Crippen molar-refractivity contribution in [1.82, 2.24) is 0 Å². The zero-order valence-corrected chi connectivity index (χ0v) is 12.0. The highest BCUT2D eigenvalue weighted by Crippen LogP contribution is 2.45. The standard InChI is InChI=1S/C16H22F3N/c1-10-7-11(2)9-12(8-10)15(20)13-5-3-4-6-14(13)16(17,18)19/h7-9,13-15H,3-6,20H2,1-2H3. The van der Waals surface area contributed by atoms with E-state index in [9.17, 15) is 13.2 Å². The lowest BCUT2D eigenvalue weighted by atomic mass is 9.73. The van der Waals surface area contributed by atoms with Gasteiger partial charge < -0.3 is 5.73 Å². The molecule has 3 atom stereocenters. The van der Waals surface area contributed by atoms with Crippen LogP contribution in [0.25, 0.3) is 0 Å². The summed E-state index contributed by atoms with van der Waals surface area (Å²) in [5.74, 6) is -1.75. The number of hydrogen-bond donors (Lipinski definition) is 1. The molecule has 4 heteroatoms. The van der Waals surface area contributed by atoms with Gasteiger partial charge in [-0.25, -0.2) is 0 Å². The molecule has 3 unspecified atom stereocenters. The first-order chi connectivity index (χ1) is 9.29. The van der Waals surface area contributed by atoms with Crippen LogP contribution in [0.3, 0.4) is 0 Å². The van der Waals surface area contributed by atoms with Gasteiger partial charge in [-0.05, 0) is 38.2 Å². The molecule has 20 heavy (non-hydrogen) atoms. The minimum absolute atomic E-state index is 0.215. The van der Waals surface area contributed by atoms with E-state index in [0.29, 0.717) is 12.8 Å². The summed E-state index contributed by atoms with van der Waals surface area (Å²) in [6.07, 6.45) is -1.86. The van der Waals surface area contributed by atoms with Crippen LogP contribution in [-0.2, 0) is 0 Å². The fraction of sp³-hybridized carbons (Fsp3) is 0.625.